The van der Waals surface area contributed by atoms with Crippen LogP contribution in [0.1, 0.15) is 15.9 Å². The summed E-state index contributed by atoms with van der Waals surface area (Å²) in [5, 5.41) is 3.02. The minimum absolute atomic E-state index is 0.0381. The average Bonchev–Trinajstić information content (AvgIpc) is 2.81. The van der Waals surface area contributed by atoms with Crippen LogP contribution < -0.4 is 10.2 Å². The van der Waals surface area contributed by atoms with Crippen LogP contribution in [0.5, 0.6) is 0 Å². The molecule has 0 saturated carbocycles. The van der Waals surface area contributed by atoms with Crippen molar-refractivity contribution in [3.63, 3.8) is 0 Å². The predicted octanol–water partition coefficient (Wildman–Crippen LogP) is 3.32. The molecule has 3 aromatic rings. The zero-order chi connectivity index (χ0) is 22.5. The molecule has 3 heterocycles. The van der Waals surface area contributed by atoms with Gasteiger partial charge in [0.05, 0.1) is 12.0 Å². The summed E-state index contributed by atoms with van der Waals surface area (Å²) in [5.74, 6) is 0.366. The molecule has 1 fully saturated rings. The van der Waals surface area contributed by atoms with E-state index >= 15 is 0 Å². The molecule has 8 nitrogen and oxygen atoms in total. The van der Waals surface area contributed by atoms with E-state index in [0.717, 1.165) is 5.56 Å². The Morgan fingerprint density at radius 1 is 0.938 bits per heavy atom. The van der Waals surface area contributed by atoms with Gasteiger partial charge >= 0.3 is 0 Å². The molecule has 2 amide bonds. The Morgan fingerprint density at radius 2 is 1.62 bits per heavy atom. The Balaban J connectivity index is 1.30. The van der Waals surface area contributed by atoms with Crippen molar-refractivity contribution in [1.29, 1.82) is 0 Å². The van der Waals surface area contributed by atoms with Gasteiger partial charge in [-0.05, 0) is 35.9 Å². The third-order valence-corrected chi connectivity index (χ3v) is 5.59. The number of aromatic nitrogens is 3. The van der Waals surface area contributed by atoms with Crippen molar-refractivity contribution in [2.75, 3.05) is 36.4 Å². The second-order valence-corrected chi connectivity index (χ2v) is 7.96. The van der Waals surface area contributed by atoms with Crippen LogP contribution in [0.3, 0.4) is 0 Å². The van der Waals surface area contributed by atoms with Crippen LogP contribution >= 0.6 is 23.2 Å². The smallest absolute Gasteiger partial charge is 0.258 e. The number of amides is 2. The minimum Gasteiger partial charge on any atom is -0.339 e. The van der Waals surface area contributed by atoms with E-state index in [4.69, 9.17) is 23.2 Å². The summed E-state index contributed by atoms with van der Waals surface area (Å²) in [6, 6.07) is 12.0. The molecule has 0 aliphatic carbocycles. The number of nitrogens with one attached hydrogen (secondary N) is 1. The first-order valence-corrected chi connectivity index (χ1v) is 10.8. The number of benzene rings is 1. The summed E-state index contributed by atoms with van der Waals surface area (Å²) in [5.41, 5.74) is 1.69. The van der Waals surface area contributed by atoms with Crippen LogP contribution in [0.4, 0.5) is 11.6 Å². The van der Waals surface area contributed by atoms with E-state index in [-0.39, 0.29) is 27.7 Å². The molecule has 2 aromatic heterocycles. The fraction of sp³-hybridized carbons (Fsp3) is 0.227. The van der Waals surface area contributed by atoms with E-state index in [2.05, 4.69) is 25.2 Å². The highest BCUT2D eigenvalue weighted by Crippen LogP contribution is 2.19. The number of hydrogen-bond acceptors (Lipinski definition) is 6. The standard InChI is InChI=1S/C22H20Cl2N6O2/c23-18-7-6-17(20(24)28-18)21(32)27-16-4-2-15(3-5-16)14-19(31)29-10-12-30(13-11-29)22-25-8-1-9-26-22/h1-9H,10-14H2,(H,27,32). The van der Waals surface area contributed by atoms with E-state index in [1.165, 1.54) is 12.1 Å². The normalized spacial score (nSPS) is 13.7. The maximum Gasteiger partial charge on any atom is 0.258 e. The van der Waals surface area contributed by atoms with Crippen molar-refractivity contribution < 1.29 is 9.59 Å². The number of piperazine rings is 1. The second kappa shape index (κ2) is 9.93. The zero-order valence-electron chi connectivity index (χ0n) is 17.0. The van der Waals surface area contributed by atoms with Crippen LogP contribution in [-0.2, 0) is 11.2 Å². The SMILES string of the molecule is O=C(Nc1ccc(CC(=O)N2CCN(c3ncccn3)CC2)cc1)c1ccc(Cl)nc1Cl. The third kappa shape index (κ3) is 5.33. The Bertz CT molecular complexity index is 1100. The van der Waals surface area contributed by atoms with Gasteiger partial charge < -0.3 is 15.1 Å². The van der Waals surface area contributed by atoms with Crippen LogP contribution in [0.15, 0.2) is 54.9 Å². The molecule has 10 heteroatoms. The van der Waals surface area contributed by atoms with Gasteiger partial charge in [0.15, 0.2) is 0 Å². The molecular weight excluding hydrogens is 451 g/mol. The van der Waals surface area contributed by atoms with Crippen molar-refractivity contribution in [1.82, 2.24) is 19.9 Å². The van der Waals surface area contributed by atoms with Crippen LogP contribution in [0.2, 0.25) is 10.3 Å². The lowest BCUT2D eigenvalue weighted by Gasteiger charge is -2.34. The molecule has 164 valence electrons. The summed E-state index contributed by atoms with van der Waals surface area (Å²) in [6.07, 6.45) is 3.72. The predicted molar refractivity (Wildman–Crippen MR) is 123 cm³/mol. The highest BCUT2D eigenvalue weighted by Gasteiger charge is 2.22. The molecule has 0 unspecified atom stereocenters. The number of halogens is 2. The third-order valence-electron chi connectivity index (χ3n) is 5.09. The first kappa shape index (κ1) is 22.0. The van der Waals surface area contributed by atoms with Crippen molar-refractivity contribution in [2.24, 2.45) is 0 Å². The highest BCUT2D eigenvalue weighted by atomic mass is 35.5. The molecule has 0 spiro atoms. The van der Waals surface area contributed by atoms with E-state index in [1.807, 2.05) is 17.0 Å². The Hall–Kier alpha value is -3.23. The van der Waals surface area contributed by atoms with E-state index in [1.54, 1.807) is 30.6 Å². The van der Waals surface area contributed by atoms with Crippen molar-refractivity contribution in [3.8, 4) is 0 Å². The fourth-order valence-electron chi connectivity index (χ4n) is 3.38. The fourth-order valence-corrected chi connectivity index (χ4v) is 3.81. The number of anilines is 2. The van der Waals surface area contributed by atoms with Gasteiger partial charge in [-0.2, -0.15) is 0 Å². The number of nitrogens with zero attached hydrogens (tertiary/aromatic N) is 5. The quantitative estimate of drug-likeness (QED) is 0.575. The van der Waals surface area contributed by atoms with Crippen LogP contribution in [0, 0.1) is 0 Å². The monoisotopic (exact) mass is 470 g/mol. The van der Waals surface area contributed by atoms with Crippen molar-refractivity contribution >= 4 is 46.7 Å². The zero-order valence-corrected chi connectivity index (χ0v) is 18.6. The molecule has 1 aliphatic heterocycles. The molecule has 1 aromatic carbocycles. The number of carbonyl (C=O) groups excluding carboxylic acids is 2. The molecule has 1 aliphatic rings. The number of rotatable bonds is 5. The number of carbonyl (C=O) groups is 2. The maximum absolute atomic E-state index is 12.7. The largest absolute Gasteiger partial charge is 0.339 e. The summed E-state index contributed by atoms with van der Waals surface area (Å²) >= 11 is 11.7. The topological polar surface area (TPSA) is 91.3 Å². The average molecular weight is 471 g/mol. The van der Waals surface area contributed by atoms with Gasteiger partial charge in [0.1, 0.15) is 10.3 Å². The second-order valence-electron chi connectivity index (χ2n) is 7.22. The van der Waals surface area contributed by atoms with Gasteiger partial charge in [-0.25, -0.2) is 15.0 Å². The summed E-state index contributed by atoms with van der Waals surface area (Å²) in [7, 11) is 0. The molecule has 32 heavy (non-hydrogen) atoms. The van der Waals surface area contributed by atoms with Gasteiger partial charge in [-0.3, -0.25) is 9.59 Å². The highest BCUT2D eigenvalue weighted by molar-refractivity contribution is 6.35. The van der Waals surface area contributed by atoms with Crippen molar-refractivity contribution in [3.05, 3.63) is 76.3 Å². The molecule has 0 bridgehead atoms. The minimum atomic E-state index is -0.386. The number of pyridine rings is 1. The lowest BCUT2D eigenvalue weighted by atomic mass is 10.1. The lowest BCUT2D eigenvalue weighted by molar-refractivity contribution is -0.130. The lowest BCUT2D eigenvalue weighted by Crippen LogP contribution is -2.49. The Labute approximate surface area is 195 Å². The van der Waals surface area contributed by atoms with E-state index in [9.17, 15) is 9.59 Å². The van der Waals surface area contributed by atoms with Crippen molar-refractivity contribution in [2.45, 2.75) is 6.42 Å². The number of hydrogen-bond donors (Lipinski definition) is 1. The maximum atomic E-state index is 12.7. The summed E-state index contributed by atoms with van der Waals surface area (Å²) in [6.45, 7) is 2.65. The summed E-state index contributed by atoms with van der Waals surface area (Å²) in [4.78, 5) is 41.4. The van der Waals surface area contributed by atoms with Crippen LogP contribution in [0.25, 0.3) is 0 Å². The van der Waals surface area contributed by atoms with Crippen LogP contribution in [-0.4, -0.2) is 57.8 Å². The molecule has 1 N–H and O–H groups in total. The summed E-state index contributed by atoms with van der Waals surface area (Å²) < 4.78 is 0. The van der Waals surface area contributed by atoms with Gasteiger partial charge in [0.25, 0.3) is 5.91 Å². The Kier molecular flexibility index (Phi) is 6.82. The van der Waals surface area contributed by atoms with E-state index in [0.29, 0.717) is 44.2 Å². The van der Waals surface area contributed by atoms with Gasteiger partial charge in [-0.1, -0.05) is 35.3 Å². The van der Waals surface area contributed by atoms with E-state index < -0.39 is 0 Å². The van der Waals surface area contributed by atoms with Gasteiger partial charge in [0, 0.05) is 44.3 Å². The molecule has 0 radical (unpaired) electrons. The van der Waals surface area contributed by atoms with Gasteiger partial charge in [0.2, 0.25) is 11.9 Å². The molecule has 0 atom stereocenters. The molecule has 1 saturated heterocycles. The molecular formula is C22H20Cl2N6O2. The van der Waals surface area contributed by atoms with Gasteiger partial charge in [-0.15, -0.1) is 0 Å². The first-order chi connectivity index (χ1) is 15.5. The Morgan fingerprint density at radius 3 is 2.28 bits per heavy atom. The first-order valence-electron chi connectivity index (χ1n) is 10.0. The molecule has 4 rings (SSSR count).